The molecule has 1 atom stereocenters. The van der Waals surface area contributed by atoms with Gasteiger partial charge in [0.2, 0.25) is 0 Å². The van der Waals surface area contributed by atoms with E-state index in [9.17, 15) is 15.0 Å². The molecule has 0 bridgehead atoms. The SMILES string of the molecule is CSCC[C@H](O)c1nc(C)nn1-c1ccccc1C(=O)O. The number of aryl methyl sites for hydroxylation is 1. The number of carbonyl (C=O) groups is 1. The number of rotatable bonds is 6. The second-order valence-electron chi connectivity index (χ2n) is 4.55. The Morgan fingerprint density at radius 3 is 2.81 bits per heavy atom. The topological polar surface area (TPSA) is 88.2 Å². The number of hydrogen-bond acceptors (Lipinski definition) is 5. The largest absolute Gasteiger partial charge is 0.478 e. The zero-order valence-corrected chi connectivity index (χ0v) is 12.7. The summed E-state index contributed by atoms with van der Waals surface area (Å²) in [6, 6.07) is 6.55. The standard InChI is InChI=1S/C14H17N3O3S/c1-9-15-13(12(18)7-8-21-2)17(16-9)11-6-4-3-5-10(11)14(19)20/h3-6,12,18H,7-8H2,1-2H3,(H,19,20)/t12-/m0/s1. The molecule has 0 fully saturated rings. The summed E-state index contributed by atoms with van der Waals surface area (Å²) < 4.78 is 1.42. The first-order chi connectivity index (χ1) is 10.0. The van der Waals surface area contributed by atoms with Crippen LogP contribution in [0.5, 0.6) is 0 Å². The fourth-order valence-corrected chi connectivity index (χ4v) is 2.48. The van der Waals surface area contributed by atoms with Gasteiger partial charge in [0.15, 0.2) is 5.82 Å². The van der Waals surface area contributed by atoms with Crippen molar-refractivity contribution >= 4 is 17.7 Å². The van der Waals surface area contributed by atoms with E-state index in [4.69, 9.17) is 0 Å². The van der Waals surface area contributed by atoms with Crippen LogP contribution >= 0.6 is 11.8 Å². The molecule has 1 aromatic heterocycles. The maximum Gasteiger partial charge on any atom is 0.337 e. The van der Waals surface area contributed by atoms with Crippen LogP contribution in [0.2, 0.25) is 0 Å². The minimum Gasteiger partial charge on any atom is -0.478 e. The first-order valence-corrected chi connectivity index (χ1v) is 7.87. The lowest BCUT2D eigenvalue weighted by Crippen LogP contribution is -2.13. The van der Waals surface area contributed by atoms with Crippen LogP contribution in [0.25, 0.3) is 5.69 Å². The number of thioether (sulfide) groups is 1. The minimum atomic E-state index is -1.04. The van der Waals surface area contributed by atoms with E-state index in [1.807, 2.05) is 6.26 Å². The Balaban J connectivity index is 2.47. The monoisotopic (exact) mass is 307 g/mol. The van der Waals surface area contributed by atoms with Crippen molar-refractivity contribution in [1.29, 1.82) is 0 Å². The Hall–Kier alpha value is -1.86. The first-order valence-electron chi connectivity index (χ1n) is 6.48. The molecule has 0 radical (unpaired) electrons. The van der Waals surface area contributed by atoms with E-state index in [0.29, 0.717) is 23.8 Å². The summed E-state index contributed by atoms with van der Waals surface area (Å²) in [6.07, 6.45) is 1.72. The van der Waals surface area contributed by atoms with Gasteiger partial charge in [0, 0.05) is 0 Å². The Labute approximate surface area is 126 Å². The normalized spacial score (nSPS) is 12.3. The number of carboxylic acids is 1. The van der Waals surface area contributed by atoms with Crippen molar-refractivity contribution in [3.8, 4) is 5.69 Å². The molecule has 2 rings (SSSR count). The number of benzene rings is 1. The summed E-state index contributed by atoms with van der Waals surface area (Å²) in [5, 5.41) is 23.8. The second-order valence-corrected chi connectivity index (χ2v) is 5.53. The number of aromatic nitrogens is 3. The molecule has 2 N–H and O–H groups in total. The van der Waals surface area contributed by atoms with Gasteiger partial charge in [-0.15, -0.1) is 0 Å². The van der Waals surface area contributed by atoms with Crippen molar-refractivity contribution < 1.29 is 15.0 Å². The molecule has 0 saturated heterocycles. The summed E-state index contributed by atoms with van der Waals surface area (Å²) in [6.45, 7) is 1.71. The van der Waals surface area contributed by atoms with Gasteiger partial charge in [-0.2, -0.15) is 16.9 Å². The van der Waals surface area contributed by atoms with Crippen LogP contribution in [0.1, 0.15) is 34.5 Å². The Bertz CT molecular complexity index is 642. The van der Waals surface area contributed by atoms with E-state index < -0.39 is 12.1 Å². The highest BCUT2D eigenvalue weighted by Crippen LogP contribution is 2.22. The number of para-hydroxylation sites is 1. The number of aliphatic hydroxyl groups excluding tert-OH is 1. The van der Waals surface area contributed by atoms with Crippen LogP contribution in [0.4, 0.5) is 0 Å². The van der Waals surface area contributed by atoms with Crippen molar-refractivity contribution in [3.05, 3.63) is 41.5 Å². The van der Waals surface area contributed by atoms with Gasteiger partial charge in [-0.3, -0.25) is 0 Å². The van der Waals surface area contributed by atoms with Crippen LogP contribution in [0.15, 0.2) is 24.3 Å². The minimum absolute atomic E-state index is 0.126. The lowest BCUT2D eigenvalue weighted by Gasteiger charge is -2.12. The molecular weight excluding hydrogens is 290 g/mol. The molecule has 0 spiro atoms. The van der Waals surface area contributed by atoms with E-state index in [2.05, 4.69) is 10.1 Å². The number of nitrogens with zero attached hydrogens (tertiary/aromatic N) is 3. The molecule has 6 nitrogen and oxygen atoms in total. The molecule has 0 aliphatic rings. The van der Waals surface area contributed by atoms with E-state index in [1.54, 1.807) is 36.9 Å². The molecule has 0 aliphatic heterocycles. The van der Waals surface area contributed by atoms with Crippen LogP contribution in [-0.2, 0) is 0 Å². The first kappa shape index (κ1) is 15.5. The number of aliphatic hydroxyl groups is 1. The number of aromatic carboxylic acids is 1. The predicted octanol–water partition coefficient (Wildman–Crippen LogP) is 2.06. The average molecular weight is 307 g/mol. The summed E-state index contributed by atoms with van der Waals surface area (Å²) in [5.74, 6) is 0.611. The summed E-state index contributed by atoms with van der Waals surface area (Å²) >= 11 is 1.63. The maximum absolute atomic E-state index is 11.3. The van der Waals surface area contributed by atoms with Gasteiger partial charge in [0.25, 0.3) is 0 Å². The third-order valence-electron chi connectivity index (χ3n) is 2.99. The molecule has 0 saturated carbocycles. The fourth-order valence-electron chi connectivity index (χ4n) is 2.02. The van der Waals surface area contributed by atoms with Crippen LogP contribution in [0, 0.1) is 6.92 Å². The van der Waals surface area contributed by atoms with Crippen molar-refractivity contribution in [2.75, 3.05) is 12.0 Å². The van der Waals surface area contributed by atoms with Gasteiger partial charge >= 0.3 is 5.97 Å². The van der Waals surface area contributed by atoms with Crippen LogP contribution in [-0.4, -0.2) is 43.0 Å². The lowest BCUT2D eigenvalue weighted by atomic mass is 10.1. The third kappa shape index (κ3) is 3.43. The van der Waals surface area contributed by atoms with E-state index in [-0.39, 0.29) is 5.56 Å². The molecule has 1 aromatic carbocycles. The van der Waals surface area contributed by atoms with Gasteiger partial charge in [-0.05, 0) is 37.5 Å². The van der Waals surface area contributed by atoms with Crippen LogP contribution < -0.4 is 0 Å². The lowest BCUT2D eigenvalue weighted by molar-refractivity contribution is 0.0696. The average Bonchev–Trinajstić information content (AvgIpc) is 2.86. The van der Waals surface area contributed by atoms with Crippen molar-refractivity contribution in [2.24, 2.45) is 0 Å². The summed E-state index contributed by atoms with van der Waals surface area (Å²) in [4.78, 5) is 15.6. The van der Waals surface area contributed by atoms with Gasteiger partial charge < -0.3 is 10.2 Å². The van der Waals surface area contributed by atoms with Gasteiger partial charge in [0.05, 0.1) is 11.3 Å². The zero-order chi connectivity index (χ0) is 15.4. The molecule has 21 heavy (non-hydrogen) atoms. The Morgan fingerprint density at radius 2 is 2.14 bits per heavy atom. The van der Waals surface area contributed by atoms with E-state index in [1.165, 1.54) is 10.7 Å². The highest BCUT2D eigenvalue weighted by molar-refractivity contribution is 7.98. The summed E-state index contributed by atoms with van der Waals surface area (Å²) in [5.41, 5.74) is 0.532. The molecule has 0 aliphatic carbocycles. The highest BCUT2D eigenvalue weighted by Gasteiger charge is 2.21. The van der Waals surface area contributed by atoms with Gasteiger partial charge in [0.1, 0.15) is 11.9 Å². The highest BCUT2D eigenvalue weighted by atomic mass is 32.2. The molecule has 0 amide bonds. The quantitative estimate of drug-likeness (QED) is 0.849. The molecule has 1 heterocycles. The number of carboxylic acid groups (broad SMARTS) is 1. The maximum atomic E-state index is 11.3. The number of hydrogen-bond donors (Lipinski definition) is 2. The van der Waals surface area contributed by atoms with E-state index >= 15 is 0 Å². The molecule has 112 valence electrons. The van der Waals surface area contributed by atoms with Crippen molar-refractivity contribution in [1.82, 2.24) is 14.8 Å². The van der Waals surface area contributed by atoms with Crippen LogP contribution in [0.3, 0.4) is 0 Å². The molecule has 2 aromatic rings. The smallest absolute Gasteiger partial charge is 0.337 e. The predicted molar refractivity (Wildman–Crippen MR) is 81.0 cm³/mol. The molecule has 7 heteroatoms. The van der Waals surface area contributed by atoms with Gasteiger partial charge in [-0.25, -0.2) is 14.5 Å². The van der Waals surface area contributed by atoms with Crippen molar-refractivity contribution in [3.63, 3.8) is 0 Å². The third-order valence-corrected chi connectivity index (χ3v) is 3.64. The molecule has 0 unspecified atom stereocenters. The Kier molecular flexibility index (Phi) is 4.98. The Morgan fingerprint density at radius 1 is 1.43 bits per heavy atom. The second kappa shape index (κ2) is 6.73. The summed E-state index contributed by atoms with van der Waals surface area (Å²) in [7, 11) is 0. The zero-order valence-electron chi connectivity index (χ0n) is 11.9. The fraction of sp³-hybridized carbons (Fsp3) is 0.357. The van der Waals surface area contributed by atoms with Gasteiger partial charge in [-0.1, -0.05) is 12.1 Å². The van der Waals surface area contributed by atoms with E-state index in [0.717, 1.165) is 5.75 Å². The van der Waals surface area contributed by atoms with Crippen molar-refractivity contribution in [2.45, 2.75) is 19.4 Å². The molecular formula is C14H17N3O3S.